The van der Waals surface area contributed by atoms with E-state index in [0.29, 0.717) is 6.04 Å². The molecule has 1 aromatic rings. The Bertz CT molecular complexity index is 326. The van der Waals surface area contributed by atoms with Crippen molar-refractivity contribution in [3.63, 3.8) is 0 Å². The summed E-state index contributed by atoms with van der Waals surface area (Å²) in [4.78, 5) is 6.42. The van der Waals surface area contributed by atoms with Gasteiger partial charge in [-0.05, 0) is 41.3 Å². The minimum Gasteiger partial charge on any atom is -0.304 e. The first kappa shape index (κ1) is 11.6. The highest BCUT2D eigenvalue weighted by atomic mass is 79.9. The normalized spacial score (nSPS) is 24.6. The summed E-state index contributed by atoms with van der Waals surface area (Å²) in [5.41, 5.74) is 0. The smallest absolute Gasteiger partial charge is 0.0343 e. The van der Waals surface area contributed by atoms with Crippen molar-refractivity contribution in [1.29, 1.82) is 0 Å². The monoisotopic (exact) mass is 288 g/mol. The number of likely N-dealkylation sites (N-methyl/N-ethyl adjacent to an activating group) is 1. The zero-order valence-electron chi connectivity index (χ0n) is 9.24. The molecule has 1 atom stereocenters. The van der Waals surface area contributed by atoms with E-state index in [0.717, 1.165) is 6.54 Å². The summed E-state index contributed by atoms with van der Waals surface area (Å²) >= 11 is 5.44. The molecule has 2 rings (SSSR count). The minimum atomic E-state index is 0.665. The Morgan fingerprint density at radius 1 is 1.53 bits per heavy atom. The first-order valence-corrected chi connectivity index (χ1v) is 6.98. The standard InChI is InChI=1S/C11H17BrN2S/c1-9-7-13(2)4-5-14(9)8-11-10(12)3-6-15-11/h3,6,9H,4-5,7-8H2,1-2H3. The molecule has 0 N–H and O–H groups in total. The number of hydrogen-bond acceptors (Lipinski definition) is 3. The van der Waals surface area contributed by atoms with Gasteiger partial charge in [0.25, 0.3) is 0 Å². The Kier molecular flexibility index (Phi) is 3.83. The van der Waals surface area contributed by atoms with Crippen LogP contribution in [0.4, 0.5) is 0 Å². The van der Waals surface area contributed by atoms with E-state index in [1.165, 1.54) is 29.0 Å². The van der Waals surface area contributed by atoms with Crippen LogP contribution in [0.3, 0.4) is 0 Å². The van der Waals surface area contributed by atoms with Crippen LogP contribution in [0.1, 0.15) is 11.8 Å². The summed E-state index contributed by atoms with van der Waals surface area (Å²) in [6.45, 7) is 6.96. The average Bonchev–Trinajstić information content (AvgIpc) is 2.57. The lowest BCUT2D eigenvalue weighted by atomic mass is 10.2. The molecule has 15 heavy (non-hydrogen) atoms. The highest BCUT2D eigenvalue weighted by molar-refractivity contribution is 9.10. The predicted octanol–water partition coefficient (Wildman–Crippen LogP) is 2.65. The van der Waals surface area contributed by atoms with Crippen LogP contribution in [-0.2, 0) is 6.54 Å². The summed E-state index contributed by atoms with van der Waals surface area (Å²) in [6.07, 6.45) is 0. The van der Waals surface area contributed by atoms with Crippen molar-refractivity contribution in [3.05, 3.63) is 20.8 Å². The molecule has 2 heterocycles. The second kappa shape index (κ2) is 4.95. The van der Waals surface area contributed by atoms with Gasteiger partial charge in [0.1, 0.15) is 0 Å². The summed E-state index contributed by atoms with van der Waals surface area (Å²) < 4.78 is 1.26. The number of nitrogens with zero attached hydrogens (tertiary/aromatic N) is 2. The van der Waals surface area contributed by atoms with Crippen LogP contribution in [0.25, 0.3) is 0 Å². The first-order valence-electron chi connectivity index (χ1n) is 5.31. The van der Waals surface area contributed by atoms with Gasteiger partial charge in [-0.15, -0.1) is 11.3 Å². The van der Waals surface area contributed by atoms with Crippen molar-refractivity contribution in [2.75, 3.05) is 26.7 Å². The van der Waals surface area contributed by atoms with E-state index in [2.05, 4.69) is 51.1 Å². The maximum atomic E-state index is 3.60. The van der Waals surface area contributed by atoms with Gasteiger partial charge in [0.15, 0.2) is 0 Å². The quantitative estimate of drug-likeness (QED) is 0.826. The predicted molar refractivity (Wildman–Crippen MR) is 69.4 cm³/mol. The number of hydrogen-bond donors (Lipinski definition) is 0. The SMILES string of the molecule is CC1CN(C)CCN1Cc1sccc1Br. The summed E-state index contributed by atoms with van der Waals surface area (Å²) in [5, 5.41) is 2.15. The lowest BCUT2D eigenvalue weighted by Gasteiger charge is -2.38. The zero-order chi connectivity index (χ0) is 10.8. The van der Waals surface area contributed by atoms with Gasteiger partial charge in [-0.2, -0.15) is 0 Å². The van der Waals surface area contributed by atoms with Gasteiger partial charge in [-0.3, -0.25) is 4.90 Å². The molecule has 1 aliphatic rings. The number of piperazine rings is 1. The third kappa shape index (κ3) is 2.81. The van der Waals surface area contributed by atoms with E-state index in [1.807, 2.05) is 11.3 Å². The molecule has 1 aromatic heterocycles. The molecule has 84 valence electrons. The second-order valence-corrected chi connectivity index (χ2v) is 6.13. The Morgan fingerprint density at radius 2 is 2.33 bits per heavy atom. The van der Waals surface area contributed by atoms with E-state index in [9.17, 15) is 0 Å². The summed E-state index contributed by atoms with van der Waals surface area (Å²) in [5.74, 6) is 0. The van der Waals surface area contributed by atoms with Crippen molar-refractivity contribution < 1.29 is 0 Å². The molecule has 0 spiro atoms. The van der Waals surface area contributed by atoms with Crippen LogP contribution in [-0.4, -0.2) is 42.5 Å². The number of thiophene rings is 1. The van der Waals surface area contributed by atoms with Crippen LogP contribution >= 0.6 is 27.3 Å². The van der Waals surface area contributed by atoms with Crippen LogP contribution in [0, 0.1) is 0 Å². The molecule has 1 aliphatic heterocycles. The van der Waals surface area contributed by atoms with Crippen LogP contribution in [0.15, 0.2) is 15.9 Å². The second-order valence-electron chi connectivity index (χ2n) is 4.27. The van der Waals surface area contributed by atoms with Gasteiger partial charge in [0, 0.05) is 41.6 Å². The molecule has 0 radical (unpaired) electrons. The number of halogens is 1. The van der Waals surface area contributed by atoms with E-state index in [-0.39, 0.29) is 0 Å². The fourth-order valence-electron chi connectivity index (χ4n) is 2.03. The molecule has 0 saturated carbocycles. The minimum absolute atomic E-state index is 0.665. The fraction of sp³-hybridized carbons (Fsp3) is 0.636. The largest absolute Gasteiger partial charge is 0.304 e. The lowest BCUT2D eigenvalue weighted by Crippen LogP contribution is -2.49. The third-order valence-corrected chi connectivity index (χ3v) is 4.92. The zero-order valence-corrected chi connectivity index (χ0v) is 11.6. The van der Waals surface area contributed by atoms with E-state index in [4.69, 9.17) is 0 Å². The Labute approximate surface area is 104 Å². The van der Waals surface area contributed by atoms with Crippen molar-refractivity contribution in [1.82, 2.24) is 9.80 Å². The van der Waals surface area contributed by atoms with Crippen LogP contribution in [0.5, 0.6) is 0 Å². The van der Waals surface area contributed by atoms with Gasteiger partial charge in [0.05, 0.1) is 0 Å². The van der Waals surface area contributed by atoms with Gasteiger partial charge in [-0.1, -0.05) is 0 Å². The Balaban J connectivity index is 1.98. The summed E-state index contributed by atoms with van der Waals surface area (Å²) in [7, 11) is 2.20. The van der Waals surface area contributed by atoms with E-state index >= 15 is 0 Å². The molecule has 4 heteroatoms. The maximum Gasteiger partial charge on any atom is 0.0343 e. The molecule has 0 aliphatic carbocycles. The lowest BCUT2D eigenvalue weighted by molar-refractivity contribution is 0.0946. The fourth-order valence-corrected chi connectivity index (χ4v) is 3.54. The van der Waals surface area contributed by atoms with E-state index in [1.54, 1.807) is 0 Å². The van der Waals surface area contributed by atoms with Gasteiger partial charge >= 0.3 is 0 Å². The van der Waals surface area contributed by atoms with Crippen molar-refractivity contribution in [2.45, 2.75) is 19.5 Å². The van der Waals surface area contributed by atoms with Crippen molar-refractivity contribution >= 4 is 27.3 Å². The van der Waals surface area contributed by atoms with Crippen molar-refractivity contribution in [3.8, 4) is 0 Å². The highest BCUT2D eigenvalue weighted by Crippen LogP contribution is 2.25. The summed E-state index contributed by atoms with van der Waals surface area (Å²) in [6, 6.07) is 2.80. The molecular formula is C11H17BrN2S. The maximum absolute atomic E-state index is 3.60. The molecule has 0 bridgehead atoms. The molecule has 2 nitrogen and oxygen atoms in total. The Morgan fingerprint density at radius 3 is 2.93 bits per heavy atom. The Hall–Kier alpha value is 0.100. The van der Waals surface area contributed by atoms with E-state index < -0.39 is 0 Å². The van der Waals surface area contributed by atoms with Gasteiger partial charge < -0.3 is 4.90 Å². The van der Waals surface area contributed by atoms with Crippen LogP contribution in [0.2, 0.25) is 0 Å². The molecule has 1 unspecified atom stereocenters. The van der Waals surface area contributed by atoms with Crippen molar-refractivity contribution in [2.24, 2.45) is 0 Å². The van der Waals surface area contributed by atoms with Gasteiger partial charge in [0.2, 0.25) is 0 Å². The number of rotatable bonds is 2. The molecule has 0 aromatic carbocycles. The molecule has 0 amide bonds. The highest BCUT2D eigenvalue weighted by Gasteiger charge is 2.22. The first-order chi connectivity index (χ1) is 7.16. The molecule has 1 saturated heterocycles. The van der Waals surface area contributed by atoms with Crippen LogP contribution < -0.4 is 0 Å². The third-order valence-electron chi connectivity index (χ3n) is 3.01. The average molecular weight is 289 g/mol. The molecular weight excluding hydrogens is 272 g/mol. The topological polar surface area (TPSA) is 6.48 Å². The molecule has 1 fully saturated rings. The van der Waals surface area contributed by atoms with Gasteiger partial charge in [-0.25, -0.2) is 0 Å².